The number of anilines is 3. The predicted molar refractivity (Wildman–Crippen MR) is 273 cm³/mol. The first-order chi connectivity index (χ1) is 33.0. The molecule has 0 radical (unpaired) electrons. The van der Waals surface area contributed by atoms with E-state index in [2.05, 4.69) is 172 Å². The van der Waals surface area contributed by atoms with Crippen molar-refractivity contribution in [1.29, 1.82) is 0 Å². The number of hydrogen-bond acceptors (Lipinski definition) is 1. The van der Waals surface area contributed by atoms with E-state index in [9.17, 15) is 13.2 Å². The summed E-state index contributed by atoms with van der Waals surface area (Å²) in [4.78, 5) is 2.17. The molecule has 0 amide bonds. The van der Waals surface area contributed by atoms with Gasteiger partial charge in [-0.2, -0.15) is 0 Å². The normalized spacial score (nSPS) is 11.8. The van der Waals surface area contributed by atoms with Crippen LogP contribution in [0.2, 0.25) is 0 Å². The number of hydrogen-bond donors (Lipinski definition) is 0. The van der Waals surface area contributed by atoms with E-state index in [-0.39, 0.29) is 17.5 Å². The van der Waals surface area contributed by atoms with E-state index >= 15 is 0 Å². The summed E-state index contributed by atoms with van der Waals surface area (Å²) in [6.45, 7) is 0. The molecule has 320 valence electrons. The van der Waals surface area contributed by atoms with Crippen LogP contribution in [-0.4, -0.2) is 22.4 Å². The van der Waals surface area contributed by atoms with E-state index in [1.807, 2.05) is 36.4 Å². The first-order valence-electron chi connectivity index (χ1n) is 22.3. The number of nitrogens with zero attached hydrogens (tertiary/aromatic N) is 3. The van der Waals surface area contributed by atoms with Gasteiger partial charge in [0.15, 0.2) is 0 Å². The second kappa shape index (κ2) is 16.4. The Bertz CT molecular complexity index is 3660. The fourth-order valence-electron chi connectivity index (χ4n) is 10.3. The molecule has 7 heteroatoms. The van der Waals surface area contributed by atoms with Gasteiger partial charge in [0.25, 0.3) is 0 Å². The van der Waals surface area contributed by atoms with Crippen LogP contribution in [0.5, 0.6) is 0 Å². The summed E-state index contributed by atoms with van der Waals surface area (Å²) in [5, 5.41) is 4.16. The molecule has 2 aromatic heterocycles. The van der Waals surface area contributed by atoms with Crippen LogP contribution in [0.3, 0.4) is 0 Å². The average Bonchev–Trinajstić information content (AvgIpc) is 3.88. The predicted octanol–water partition coefficient (Wildman–Crippen LogP) is 13.1. The van der Waals surface area contributed by atoms with Crippen LogP contribution in [0.4, 0.5) is 30.2 Å². The van der Waals surface area contributed by atoms with Crippen LogP contribution < -0.4 is 22.5 Å². The molecule has 3 nitrogen and oxygen atoms in total. The quantitative estimate of drug-likeness (QED) is 0.131. The Hall–Kier alpha value is -8.07. The molecular weight excluding hydrogens is 892 g/mol. The van der Waals surface area contributed by atoms with Crippen molar-refractivity contribution in [3.8, 4) is 11.4 Å². The number of fused-ring (bicyclic) bond motifs is 6. The Morgan fingerprint density at radius 1 is 0.284 bits per heavy atom. The van der Waals surface area contributed by atoms with Gasteiger partial charge in [-0.25, -0.2) is 4.39 Å². The Balaban J connectivity index is 1.13. The molecule has 0 atom stereocenters. The van der Waals surface area contributed by atoms with Crippen LogP contribution in [-0.2, 0) is 0 Å². The maximum atomic E-state index is 14.7. The van der Waals surface area contributed by atoms with Gasteiger partial charge in [-0.3, -0.25) is 0 Å². The van der Waals surface area contributed by atoms with Gasteiger partial charge in [-0.15, -0.1) is 0 Å². The summed E-state index contributed by atoms with van der Waals surface area (Å²) < 4.78 is 53.1. The van der Waals surface area contributed by atoms with E-state index in [4.69, 9.17) is 0 Å². The second-order valence-corrected chi connectivity index (χ2v) is 24.9. The Morgan fingerprint density at radius 3 is 1.12 bits per heavy atom. The molecule has 0 spiro atoms. The summed E-state index contributed by atoms with van der Waals surface area (Å²) in [5.41, 5.74) is 8.21. The van der Waals surface area contributed by atoms with Crippen LogP contribution in [0.15, 0.2) is 243 Å². The summed E-state index contributed by atoms with van der Waals surface area (Å²) in [5.74, 6) is -0.911. The molecule has 12 rings (SSSR count). The molecule has 10 aromatic carbocycles. The van der Waals surface area contributed by atoms with E-state index in [0.717, 1.165) is 72.0 Å². The van der Waals surface area contributed by atoms with E-state index < -0.39 is 13.3 Å². The number of para-hydroxylation sites is 1. The van der Waals surface area contributed by atoms with Gasteiger partial charge in [-0.1, -0.05) is 12.1 Å². The van der Waals surface area contributed by atoms with Crippen LogP contribution in [0, 0.1) is 17.5 Å². The number of aromatic nitrogens is 2. The number of benzene rings is 10. The van der Waals surface area contributed by atoms with Gasteiger partial charge in [0.05, 0.1) is 0 Å². The van der Waals surface area contributed by atoms with Crippen LogP contribution >= 0.6 is 0 Å². The SMILES string of the molecule is Fc1ccc(N(c2ccc3c(c2)c2ccccc2n3-c2ccc(F)cc2)c2ccc3c(c2)c2c[c]([Ge]([c]4ccccc4)([c]4ccccc4)[c]4ccccc4)ccc2n3-c2ccc(F)cc2)cc1. The van der Waals surface area contributed by atoms with Crippen molar-refractivity contribution in [2.24, 2.45) is 0 Å². The third kappa shape index (κ3) is 6.74. The van der Waals surface area contributed by atoms with Crippen LogP contribution in [0.1, 0.15) is 0 Å². The standard InChI is InChI=1S/C60H40F3GeN3/c61-41-20-27-48(28-21-41)65(51-33-36-59-55(39-51)53-18-10-11-19-57(53)66(59)49-29-22-42(62)23-30-49)52-34-37-60-56(40-52)54-38-47(26-35-58(54)67(60)50-31-24-43(63)25-32-50)64(44-12-4-1-5-13-44,45-14-6-2-7-15-45)46-16-8-3-9-17-46/h1-40H. The Kier molecular flexibility index (Phi) is 9.91. The minimum atomic E-state index is -3.71. The van der Waals surface area contributed by atoms with Crippen molar-refractivity contribution in [3.63, 3.8) is 0 Å². The van der Waals surface area contributed by atoms with Crippen molar-refractivity contribution in [1.82, 2.24) is 9.13 Å². The fraction of sp³-hybridized carbons (Fsp3) is 0. The first kappa shape index (κ1) is 40.4. The van der Waals surface area contributed by atoms with Crippen LogP contribution in [0.25, 0.3) is 55.0 Å². The molecule has 2 heterocycles. The van der Waals surface area contributed by atoms with Gasteiger partial charge in [0, 0.05) is 5.69 Å². The summed E-state index contributed by atoms with van der Waals surface area (Å²) in [6, 6.07) is 80.8. The molecule has 0 saturated heterocycles. The third-order valence-corrected chi connectivity index (χ3v) is 23.2. The average molecular weight is 933 g/mol. The van der Waals surface area contributed by atoms with Gasteiger partial charge < -0.3 is 0 Å². The second-order valence-electron chi connectivity index (χ2n) is 16.9. The molecule has 0 unspecified atom stereocenters. The third-order valence-electron chi connectivity index (χ3n) is 13.2. The van der Waals surface area contributed by atoms with Gasteiger partial charge in [0.1, 0.15) is 5.82 Å². The Morgan fingerprint density at radius 2 is 0.642 bits per heavy atom. The van der Waals surface area contributed by atoms with E-state index in [1.165, 1.54) is 54.0 Å². The molecule has 0 aliphatic rings. The number of rotatable bonds is 9. The molecule has 67 heavy (non-hydrogen) atoms. The van der Waals surface area contributed by atoms with Crippen molar-refractivity contribution in [2.75, 3.05) is 4.90 Å². The first-order valence-corrected chi connectivity index (χ1v) is 26.5. The van der Waals surface area contributed by atoms with Gasteiger partial charge in [-0.05, 0) is 30.3 Å². The minimum absolute atomic E-state index is 0.290. The maximum absolute atomic E-state index is 14.7. The fourth-order valence-corrected chi connectivity index (χ4v) is 20.3. The number of halogens is 3. The topological polar surface area (TPSA) is 13.1 Å². The zero-order valence-corrected chi connectivity index (χ0v) is 38.2. The van der Waals surface area contributed by atoms with Gasteiger partial charge in [0.2, 0.25) is 0 Å². The molecular formula is C60H40F3GeN3. The molecule has 0 aliphatic heterocycles. The van der Waals surface area contributed by atoms with Crippen molar-refractivity contribution >= 4 is 91.5 Å². The summed E-state index contributed by atoms with van der Waals surface area (Å²) >= 11 is -3.71. The monoisotopic (exact) mass is 933 g/mol. The van der Waals surface area contributed by atoms with Crippen molar-refractivity contribution in [3.05, 3.63) is 260 Å². The molecule has 0 aliphatic carbocycles. The summed E-state index contributed by atoms with van der Waals surface area (Å²) in [7, 11) is 0. The van der Waals surface area contributed by atoms with E-state index in [0.29, 0.717) is 0 Å². The molecule has 12 aromatic rings. The Labute approximate surface area is 388 Å². The molecule has 0 N–H and O–H groups in total. The van der Waals surface area contributed by atoms with E-state index in [1.54, 1.807) is 12.1 Å². The van der Waals surface area contributed by atoms with Crippen molar-refractivity contribution < 1.29 is 13.2 Å². The zero-order chi connectivity index (χ0) is 45.1. The zero-order valence-electron chi connectivity index (χ0n) is 36.1. The summed E-state index contributed by atoms with van der Waals surface area (Å²) in [6.07, 6.45) is 0. The van der Waals surface area contributed by atoms with Crippen molar-refractivity contribution in [2.45, 2.75) is 0 Å². The van der Waals surface area contributed by atoms with Gasteiger partial charge >= 0.3 is 332 Å². The molecule has 0 fully saturated rings. The molecule has 0 saturated carbocycles. The molecule has 0 bridgehead atoms.